The Morgan fingerprint density at radius 2 is 1.95 bits per heavy atom. The quantitative estimate of drug-likeness (QED) is 0.376. The van der Waals surface area contributed by atoms with E-state index in [2.05, 4.69) is 33.9 Å². The third-order valence-electron chi connectivity index (χ3n) is 11.0. The average molecular weight is 641 g/mol. The Hall–Kier alpha value is -2.55. The van der Waals surface area contributed by atoms with Crippen LogP contribution in [0.1, 0.15) is 74.4 Å². The summed E-state index contributed by atoms with van der Waals surface area (Å²) in [5.74, 6) is 0.670. The minimum absolute atomic E-state index is 0.0101. The molecule has 7 atom stereocenters. The number of rotatable bonds is 2. The first-order valence-corrected chi connectivity index (χ1v) is 18.1. The van der Waals surface area contributed by atoms with Gasteiger partial charge in [-0.25, -0.2) is 13.1 Å². The molecule has 0 saturated heterocycles. The summed E-state index contributed by atoms with van der Waals surface area (Å²) >= 11 is 6.42. The number of carbonyl (C=O) groups is 1. The number of sulfonamides is 1. The summed E-state index contributed by atoms with van der Waals surface area (Å²) in [7, 11) is -2.16. The lowest BCUT2D eigenvalue weighted by Gasteiger charge is -2.46. The molecule has 1 spiro atoms. The molecule has 2 aromatic carbocycles. The van der Waals surface area contributed by atoms with Crippen LogP contribution in [0.5, 0.6) is 5.75 Å². The number of hydrogen-bond donors (Lipinski definition) is 1. The Morgan fingerprint density at radius 3 is 2.68 bits per heavy atom. The summed E-state index contributed by atoms with van der Waals surface area (Å²) in [6, 6.07) is 11.6. The highest BCUT2D eigenvalue weighted by molar-refractivity contribution is 7.90. The average Bonchev–Trinajstić information content (AvgIpc) is 3.13. The van der Waals surface area contributed by atoms with Crippen molar-refractivity contribution in [1.29, 1.82) is 0 Å². The molecule has 2 aliphatic carbocycles. The lowest BCUT2D eigenvalue weighted by atomic mass is 9.68. The molecule has 2 aliphatic heterocycles. The molecule has 238 valence electrons. The maximum absolute atomic E-state index is 13.6. The monoisotopic (exact) mass is 640 g/mol. The van der Waals surface area contributed by atoms with Crippen molar-refractivity contribution in [2.45, 2.75) is 76.1 Å². The zero-order chi connectivity index (χ0) is 31.2. The third kappa shape index (κ3) is 5.78. The number of anilines is 1. The number of amides is 1. The molecule has 1 fully saturated rings. The van der Waals surface area contributed by atoms with Gasteiger partial charge in [0.2, 0.25) is 10.0 Å². The molecule has 0 aromatic heterocycles. The fourth-order valence-corrected chi connectivity index (χ4v) is 10.1. The maximum Gasteiger partial charge on any atom is 0.264 e. The Bertz CT molecular complexity index is 1540. The summed E-state index contributed by atoms with van der Waals surface area (Å²) < 4.78 is 42.2. The van der Waals surface area contributed by atoms with Crippen molar-refractivity contribution in [3.63, 3.8) is 0 Å². The van der Waals surface area contributed by atoms with E-state index in [4.69, 9.17) is 21.1 Å². The summed E-state index contributed by atoms with van der Waals surface area (Å²) in [6.45, 7) is 7.92. The molecular weight excluding hydrogens is 596 g/mol. The SMILES string of the molecule is CC[C@@H]1[C@@H](C)[C@H](C)/C=C/[C@H](OC)[C@@H]2CC[C@H]2CN2C[C@@]3(CCCc4cc(Cl)ccc43)COc3ccc(cc32)C(=O)NS1(=O)=O. The van der Waals surface area contributed by atoms with Crippen LogP contribution in [0.3, 0.4) is 0 Å². The van der Waals surface area contributed by atoms with Crippen LogP contribution in [-0.4, -0.2) is 52.5 Å². The van der Waals surface area contributed by atoms with Crippen molar-refractivity contribution < 1.29 is 22.7 Å². The van der Waals surface area contributed by atoms with Crippen LogP contribution in [0.15, 0.2) is 48.6 Å². The number of benzene rings is 2. The van der Waals surface area contributed by atoms with E-state index < -0.39 is 21.2 Å². The number of fused-ring (bicyclic) bond motifs is 4. The fourth-order valence-electron chi connectivity index (χ4n) is 8.12. The second-order valence-electron chi connectivity index (χ2n) is 13.5. The van der Waals surface area contributed by atoms with E-state index in [0.29, 0.717) is 30.4 Å². The van der Waals surface area contributed by atoms with Crippen LogP contribution in [0, 0.1) is 23.7 Å². The summed E-state index contributed by atoms with van der Waals surface area (Å²) in [5.41, 5.74) is 3.48. The predicted molar refractivity (Wildman–Crippen MR) is 175 cm³/mol. The smallest absolute Gasteiger partial charge is 0.264 e. The summed E-state index contributed by atoms with van der Waals surface area (Å²) in [5, 5.41) is 0.0380. The number of methoxy groups -OCH3 is 1. The van der Waals surface area contributed by atoms with E-state index in [-0.39, 0.29) is 23.4 Å². The van der Waals surface area contributed by atoms with Gasteiger partial charge in [0.1, 0.15) is 5.75 Å². The number of halogens is 1. The van der Waals surface area contributed by atoms with Gasteiger partial charge in [0.25, 0.3) is 5.91 Å². The van der Waals surface area contributed by atoms with Crippen LogP contribution in [0.4, 0.5) is 5.69 Å². The number of carbonyl (C=O) groups excluding carboxylic acids is 1. The standard InChI is InChI=1S/C35H45ClN2O5S/c1-5-33-23(3)22(2)8-14-31(42-4)28-12-9-26(28)19-38-20-35(16-6-7-24-17-27(36)11-13-29(24)35)21-43-32-15-10-25(18-30(32)38)34(39)37-44(33,40)41/h8,10-11,13-15,17-18,22-23,26,28,31,33H,5-7,9,12,16,19-21H2,1-4H3,(H,37,39)/b14-8+/t22-,23+,26+,28-,31+,33-,35+/m1/s1. The topological polar surface area (TPSA) is 84.9 Å². The number of ether oxygens (including phenoxy) is 2. The lowest BCUT2D eigenvalue weighted by molar-refractivity contribution is 0.0129. The highest BCUT2D eigenvalue weighted by atomic mass is 35.5. The molecule has 1 saturated carbocycles. The van der Waals surface area contributed by atoms with E-state index in [9.17, 15) is 13.2 Å². The van der Waals surface area contributed by atoms with Gasteiger partial charge >= 0.3 is 0 Å². The molecule has 44 heavy (non-hydrogen) atoms. The molecule has 1 amide bonds. The molecule has 6 rings (SSSR count). The van der Waals surface area contributed by atoms with E-state index >= 15 is 0 Å². The van der Waals surface area contributed by atoms with Crippen LogP contribution in [0.2, 0.25) is 5.02 Å². The first kappa shape index (κ1) is 31.4. The molecule has 2 aromatic rings. The zero-order valence-corrected chi connectivity index (χ0v) is 27.8. The summed E-state index contributed by atoms with van der Waals surface area (Å²) in [4.78, 5) is 16.0. The Morgan fingerprint density at radius 1 is 1.14 bits per heavy atom. The van der Waals surface area contributed by atoms with Crippen molar-refractivity contribution in [1.82, 2.24) is 4.72 Å². The van der Waals surface area contributed by atoms with Crippen LogP contribution in [0.25, 0.3) is 0 Å². The number of nitrogens with one attached hydrogen (secondary N) is 1. The summed E-state index contributed by atoms with van der Waals surface area (Å²) in [6.07, 6.45) is 9.82. The van der Waals surface area contributed by atoms with Gasteiger partial charge < -0.3 is 14.4 Å². The Labute approximate surface area is 267 Å². The molecule has 0 unspecified atom stereocenters. The highest BCUT2D eigenvalue weighted by Crippen LogP contribution is 2.47. The van der Waals surface area contributed by atoms with E-state index in [1.807, 2.05) is 39.0 Å². The van der Waals surface area contributed by atoms with Crippen LogP contribution >= 0.6 is 11.6 Å². The van der Waals surface area contributed by atoms with Gasteiger partial charge in [0, 0.05) is 36.2 Å². The number of allylic oxidation sites excluding steroid dienone is 1. The van der Waals surface area contributed by atoms with Crippen molar-refractivity contribution >= 4 is 33.2 Å². The van der Waals surface area contributed by atoms with E-state index in [0.717, 1.165) is 61.7 Å². The molecule has 9 heteroatoms. The minimum atomic E-state index is -3.93. The van der Waals surface area contributed by atoms with Gasteiger partial charge in [-0.1, -0.05) is 50.6 Å². The first-order valence-electron chi connectivity index (χ1n) is 16.1. The van der Waals surface area contributed by atoms with E-state index in [1.165, 1.54) is 11.1 Å². The van der Waals surface area contributed by atoms with Gasteiger partial charge in [0.05, 0.1) is 23.6 Å². The normalized spacial score (nSPS) is 34.0. The Kier molecular flexibility index (Phi) is 8.81. The first-order chi connectivity index (χ1) is 21.0. The third-order valence-corrected chi connectivity index (χ3v) is 13.2. The molecular formula is C35H45ClN2O5S. The van der Waals surface area contributed by atoms with Crippen molar-refractivity contribution in [3.05, 3.63) is 70.3 Å². The van der Waals surface area contributed by atoms with Crippen LogP contribution < -0.4 is 14.4 Å². The molecule has 1 N–H and O–H groups in total. The molecule has 0 radical (unpaired) electrons. The minimum Gasteiger partial charge on any atom is -0.490 e. The van der Waals surface area contributed by atoms with Gasteiger partial charge in [-0.2, -0.15) is 0 Å². The zero-order valence-electron chi connectivity index (χ0n) is 26.2. The van der Waals surface area contributed by atoms with Crippen molar-refractivity contribution in [2.24, 2.45) is 23.7 Å². The van der Waals surface area contributed by atoms with Crippen LogP contribution in [-0.2, 0) is 26.6 Å². The molecule has 2 heterocycles. The van der Waals surface area contributed by atoms with Gasteiger partial charge in [0.15, 0.2) is 0 Å². The predicted octanol–water partition coefficient (Wildman–Crippen LogP) is 6.53. The number of nitrogens with zero attached hydrogens (tertiary/aromatic N) is 1. The van der Waals surface area contributed by atoms with Gasteiger partial charge in [-0.15, -0.1) is 0 Å². The second-order valence-corrected chi connectivity index (χ2v) is 15.9. The largest absolute Gasteiger partial charge is 0.490 e. The number of aryl methyl sites for hydroxylation is 1. The van der Waals surface area contributed by atoms with E-state index in [1.54, 1.807) is 13.2 Å². The highest BCUT2D eigenvalue weighted by Gasteiger charge is 2.44. The van der Waals surface area contributed by atoms with Crippen molar-refractivity contribution in [2.75, 3.05) is 31.7 Å². The lowest BCUT2D eigenvalue weighted by Crippen LogP contribution is -2.49. The molecule has 7 nitrogen and oxygen atoms in total. The van der Waals surface area contributed by atoms with Gasteiger partial charge in [-0.05, 0) is 104 Å². The molecule has 4 aliphatic rings. The Balaban J connectivity index is 1.44. The molecule has 2 bridgehead atoms. The maximum atomic E-state index is 13.6. The second kappa shape index (κ2) is 12.3. The number of hydrogen-bond acceptors (Lipinski definition) is 6. The fraction of sp³-hybridized carbons (Fsp3) is 0.571. The van der Waals surface area contributed by atoms with Crippen molar-refractivity contribution in [3.8, 4) is 5.75 Å². The van der Waals surface area contributed by atoms with Gasteiger partial charge in [-0.3, -0.25) is 4.79 Å².